The predicted molar refractivity (Wildman–Crippen MR) is 69.1 cm³/mol. The second-order valence-corrected chi connectivity index (χ2v) is 4.47. The summed E-state index contributed by atoms with van der Waals surface area (Å²) in [7, 11) is 2.90. The number of methoxy groups -OCH3 is 2. The van der Waals surface area contributed by atoms with Gasteiger partial charge in [-0.05, 0) is 6.92 Å². The van der Waals surface area contributed by atoms with Gasteiger partial charge in [-0.3, -0.25) is 9.59 Å². The molecule has 0 N–H and O–H groups in total. The van der Waals surface area contributed by atoms with Crippen LogP contribution in [0.25, 0.3) is 0 Å². The van der Waals surface area contributed by atoms with Gasteiger partial charge in [0.15, 0.2) is 0 Å². The van der Waals surface area contributed by atoms with Crippen LogP contribution >= 0.6 is 11.3 Å². The zero-order chi connectivity index (χ0) is 13.5. The van der Waals surface area contributed by atoms with E-state index in [9.17, 15) is 9.59 Å². The minimum atomic E-state index is -0.315. The van der Waals surface area contributed by atoms with Crippen LogP contribution in [-0.2, 0) is 9.53 Å². The first kappa shape index (κ1) is 14.5. The quantitative estimate of drug-likeness (QED) is 0.740. The summed E-state index contributed by atoms with van der Waals surface area (Å²) < 4.78 is 9.60. The van der Waals surface area contributed by atoms with Crippen molar-refractivity contribution in [2.75, 3.05) is 27.3 Å². The Bertz CT molecular complexity index is 416. The van der Waals surface area contributed by atoms with E-state index >= 15 is 0 Å². The van der Waals surface area contributed by atoms with E-state index < -0.39 is 0 Å². The third kappa shape index (κ3) is 3.73. The van der Waals surface area contributed by atoms with E-state index in [1.165, 1.54) is 18.4 Å². The summed E-state index contributed by atoms with van der Waals surface area (Å²) in [5.74, 6) is 0.270. The molecule has 6 heteroatoms. The fraction of sp³-hybridized carbons (Fsp3) is 0.500. The average Bonchev–Trinajstić information content (AvgIpc) is 2.87. The van der Waals surface area contributed by atoms with Crippen LogP contribution in [0.2, 0.25) is 0 Å². The summed E-state index contributed by atoms with van der Waals surface area (Å²) in [5.41, 5.74) is 0. The van der Waals surface area contributed by atoms with E-state index in [-0.39, 0.29) is 18.3 Å². The molecule has 0 atom stereocenters. The molecule has 0 fully saturated rings. The number of hydrogen-bond acceptors (Lipinski definition) is 5. The minimum Gasteiger partial charge on any atom is -0.496 e. The maximum atomic E-state index is 12.1. The van der Waals surface area contributed by atoms with Gasteiger partial charge in [-0.1, -0.05) is 0 Å². The Balaban J connectivity index is 2.64. The standard InChI is InChI=1S/C12H17NO4S/c1-4-13(6-5-11(14)17-3)12(15)10-7-9(16-2)8-18-10/h7-8H,4-6H2,1-3H3. The number of hydrogen-bond donors (Lipinski definition) is 0. The normalized spacial score (nSPS) is 9.94. The van der Waals surface area contributed by atoms with Gasteiger partial charge in [0.25, 0.3) is 5.91 Å². The summed E-state index contributed by atoms with van der Waals surface area (Å²) in [5, 5.41) is 1.78. The van der Waals surface area contributed by atoms with Crippen LogP contribution in [0.4, 0.5) is 0 Å². The van der Waals surface area contributed by atoms with Gasteiger partial charge >= 0.3 is 5.97 Å². The van der Waals surface area contributed by atoms with Gasteiger partial charge in [0, 0.05) is 24.5 Å². The smallest absolute Gasteiger partial charge is 0.307 e. The van der Waals surface area contributed by atoms with Crippen molar-refractivity contribution in [3.8, 4) is 5.75 Å². The first-order valence-corrected chi connectivity index (χ1v) is 6.49. The van der Waals surface area contributed by atoms with Gasteiger partial charge in [0.05, 0.1) is 25.5 Å². The summed E-state index contributed by atoms with van der Waals surface area (Å²) in [6.07, 6.45) is 0.207. The van der Waals surface area contributed by atoms with Crippen LogP contribution in [-0.4, -0.2) is 44.1 Å². The zero-order valence-corrected chi connectivity index (χ0v) is 11.6. The average molecular weight is 271 g/mol. The number of thiophene rings is 1. The molecular weight excluding hydrogens is 254 g/mol. The van der Waals surface area contributed by atoms with Crippen LogP contribution in [0.15, 0.2) is 11.4 Å². The number of rotatable bonds is 6. The fourth-order valence-electron chi connectivity index (χ4n) is 1.43. The van der Waals surface area contributed by atoms with Crippen LogP contribution in [0.5, 0.6) is 5.75 Å². The number of carbonyl (C=O) groups is 2. The minimum absolute atomic E-state index is 0.0882. The zero-order valence-electron chi connectivity index (χ0n) is 10.8. The molecule has 1 aromatic heterocycles. The van der Waals surface area contributed by atoms with Crippen molar-refractivity contribution in [3.63, 3.8) is 0 Å². The molecule has 0 unspecified atom stereocenters. The largest absolute Gasteiger partial charge is 0.496 e. The van der Waals surface area contributed by atoms with E-state index in [0.717, 1.165) is 0 Å². The highest BCUT2D eigenvalue weighted by molar-refractivity contribution is 7.12. The van der Waals surface area contributed by atoms with E-state index in [4.69, 9.17) is 4.74 Å². The molecule has 0 spiro atoms. The van der Waals surface area contributed by atoms with Gasteiger partial charge < -0.3 is 14.4 Å². The molecule has 0 aromatic carbocycles. The molecule has 1 amide bonds. The number of amides is 1. The van der Waals surface area contributed by atoms with E-state index in [1.54, 1.807) is 23.5 Å². The lowest BCUT2D eigenvalue weighted by atomic mass is 10.3. The van der Waals surface area contributed by atoms with Gasteiger partial charge in [0.2, 0.25) is 0 Å². The van der Waals surface area contributed by atoms with Gasteiger partial charge in [-0.15, -0.1) is 11.3 Å². The Labute approximate surface area is 110 Å². The molecule has 5 nitrogen and oxygen atoms in total. The summed E-state index contributed by atoms with van der Waals surface area (Å²) >= 11 is 1.33. The van der Waals surface area contributed by atoms with Crippen LogP contribution < -0.4 is 4.74 Å². The maximum Gasteiger partial charge on any atom is 0.307 e. The Kier molecular flexibility index (Phi) is 5.64. The van der Waals surface area contributed by atoms with Crippen molar-refractivity contribution >= 4 is 23.2 Å². The van der Waals surface area contributed by atoms with E-state index in [2.05, 4.69) is 4.74 Å². The Hall–Kier alpha value is -1.56. The second kappa shape index (κ2) is 7.00. The van der Waals surface area contributed by atoms with Crippen LogP contribution in [0, 0.1) is 0 Å². The lowest BCUT2D eigenvalue weighted by Crippen LogP contribution is -2.32. The lowest BCUT2D eigenvalue weighted by Gasteiger charge is -2.19. The Morgan fingerprint density at radius 3 is 2.61 bits per heavy atom. The molecule has 0 aliphatic rings. The van der Waals surface area contributed by atoms with Gasteiger partial charge in [-0.25, -0.2) is 0 Å². The number of esters is 1. The Morgan fingerprint density at radius 1 is 1.39 bits per heavy atom. The van der Waals surface area contributed by atoms with Gasteiger partial charge in [-0.2, -0.15) is 0 Å². The molecule has 0 radical (unpaired) electrons. The molecule has 0 bridgehead atoms. The molecule has 0 aliphatic carbocycles. The molecule has 1 heterocycles. The SMILES string of the molecule is CCN(CCC(=O)OC)C(=O)c1cc(OC)cs1. The van der Waals surface area contributed by atoms with Gasteiger partial charge in [0.1, 0.15) is 5.75 Å². The molecule has 1 rings (SSSR count). The van der Waals surface area contributed by atoms with Crippen LogP contribution in [0.1, 0.15) is 23.0 Å². The maximum absolute atomic E-state index is 12.1. The predicted octanol–water partition coefficient (Wildman–Crippen LogP) is 1.78. The highest BCUT2D eigenvalue weighted by Crippen LogP contribution is 2.22. The topological polar surface area (TPSA) is 55.8 Å². The summed E-state index contributed by atoms with van der Waals surface area (Å²) in [4.78, 5) is 25.4. The third-order valence-electron chi connectivity index (χ3n) is 2.50. The number of nitrogens with zero attached hydrogens (tertiary/aromatic N) is 1. The second-order valence-electron chi connectivity index (χ2n) is 3.56. The van der Waals surface area contributed by atoms with Crippen molar-refractivity contribution in [2.24, 2.45) is 0 Å². The molecule has 0 saturated heterocycles. The Morgan fingerprint density at radius 2 is 2.11 bits per heavy atom. The monoisotopic (exact) mass is 271 g/mol. The third-order valence-corrected chi connectivity index (χ3v) is 3.40. The molecular formula is C12H17NO4S. The fourth-order valence-corrected chi connectivity index (χ4v) is 2.25. The van der Waals surface area contributed by atoms with Crippen molar-refractivity contribution in [1.82, 2.24) is 4.90 Å². The molecule has 1 aromatic rings. The molecule has 18 heavy (non-hydrogen) atoms. The molecule has 100 valence electrons. The molecule has 0 aliphatic heterocycles. The number of ether oxygens (including phenoxy) is 2. The molecule has 0 saturated carbocycles. The van der Waals surface area contributed by atoms with Crippen molar-refractivity contribution < 1.29 is 19.1 Å². The highest BCUT2D eigenvalue weighted by atomic mass is 32.1. The van der Waals surface area contributed by atoms with Crippen molar-refractivity contribution in [2.45, 2.75) is 13.3 Å². The van der Waals surface area contributed by atoms with E-state index in [0.29, 0.717) is 23.7 Å². The van der Waals surface area contributed by atoms with Crippen LogP contribution in [0.3, 0.4) is 0 Å². The first-order chi connectivity index (χ1) is 8.62. The number of carbonyl (C=O) groups excluding carboxylic acids is 2. The first-order valence-electron chi connectivity index (χ1n) is 5.61. The highest BCUT2D eigenvalue weighted by Gasteiger charge is 2.17. The van der Waals surface area contributed by atoms with Crippen molar-refractivity contribution in [1.29, 1.82) is 0 Å². The summed E-state index contributed by atoms with van der Waals surface area (Å²) in [6.45, 7) is 2.79. The van der Waals surface area contributed by atoms with Crippen molar-refractivity contribution in [3.05, 3.63) is 16.3 Å². The summed E-state index contributed by atoms with van der Waals surface area (Å²) in [6, 6.07) is 1.70. The van der Waals surface area contributed by atoms with E-state index in [1.807, 2.05) is 6.92 Å². The lowest BCUT2D eigenvalue weighted by molar-refractivity contribution is -0.140.